The first-order chi connectivity index (χ1) is 9.56. The van der Waals surface area contributed by atoms with E-state index in [1.807, 2.05) is 18.2 Å². The molecule has 0 atom stereocenters. The molecular weight excluding hydrogens is 308 g/mol. The van der Waals surface area contributed by atoms with Crippen molar-refractivity contribution in [1.29, 1.82) is 0 Å². The van der Waals surface area contributed by atoms with E-state index in [-0.39, 0.29) is 5.41 Å². The number of rotatable bonds is 4. The van der Waals surface area contributed by atoms with Crippen molar-refractivity contribution in [2.75, 3.05) is 11.9 Å². The molecule has 0 fully saturated rings. The van der Waals surface area contributed by atoms with E-state index in [2.05, 4.69) is 41.7 Å². The van der Waals surface area contributed by atoms with Crippen molar-refractivity contribution in [3.63, 3.8) is 0 Å². The fourth-order valence-electron chi connectivity index (χ4n) is 2.04. The number of aromatic nitrogens is 1. The van der Waals surface area contributed by atoms with Crippen LogP contribution in [0.15, 0.2) is 35.7 Å². The lowest BCUT2D eigenvalue weighted by atomic mass is 9.91. The fraction of sp³-hybridized carbons (Fsp3) is 0.267. The Balaban J connectivity index is 1.79. The van der Waals surface area contributed by atoms with Gasteiger partial charge in [0.05, 0.1) is 15.2 Å². The molecule has 0 unspecified atom stereocenters. The van der Waals surface area contributed by atoms with Crippen molar-refractivity contribution in [2.24, 2.45) is 0 Å². The SMILES string of the molecule is CC(C)(CNc1nc2cccc(Cl)c2s1)c1cccs1. The summed E-state index contributed by atoms with van der Waals surface area (Å²) in [5.41, 5.74) is 1.05. The number of hydrogen-bond acceptors (Lipinski definition) is 4. The number of benzene rings is 1. The summed E-state index contributed by atoms with van der Waals surface area (Å²) >= 11 is 9.59. The molecule has 1 aromatic carbocycles. The molecule has 104 valence electrons. The van der Waals surface area contributed by atoms with Gasteiger partial charge in [0.15, 0.2) is 5.13 Å². The van der Waals surface area contributed by atoms with Gasteiger partial charge in [-0.25, -0.2) is 4.98 Å². The Morgan fingerprint density at radius 1 is 1.25 bits per heavy atom. The predicted molar refractivity (Wildman–Crippen MR) is 90.5 cm³/mol. The molecule has 0 saturated carbocycles. The van der Waals surface area contributed by atoms with Gasteiger partial charge in [0.2, 0.25) is 0 Å². The first-order valence-electron chi connectivity index (χ1n) is 6.39. The second-order valence-electron chi connectivity index (χ2n) is 5.32. The van der Waals surface area contributed by atoms with Crippen LogP contribution in [0.1, 0.15) is 18.7 Å². The molecule has 5 heteroatoms. The largest absolute Gasteiger partial charge is 0.361 e. The van der Waals surface area contributed by atoms with E-state index in [4.69, 9.17) is 11.6 Å². The zero-order valence-corrected chi connectivity index (χ0v) is 13.7. The van der Waals surface area contributed by atoms with E-state index < -0.39 is 0 Å². The normalized spacial score (nSPS) is 11.9. The van der Waals surface area contributed by atoms with Gasteiger partial charge in [-0.1, -0.05) is 48.9 Å². The highest BCUT2D eigenvalue weighted by Crippen LogP contribution is 2.33. The van der Waals surface area contributed by atoms with Gasteiger partial charge in [0.25, 0.3) is 0 Å². The topological polar surface area (TPSA) is 24.9 Å². The minimum Gasteiger partial charge on any atom is -0.361 e. The molecule has 3 rings (SSSR count). The molecule has 0 spiro atoms. The zero-order valence-electron chi connectivity index (χ0n) is 11.3. The van der Waals surface area contributed by atoms with Crippen LogP contribution < -0.4 is 5.32 Å². The lowest BCUT2D eigenvalue weighted by Gasteiger charge is -2.23. The first-order valence-corrected chi connectivity index (χ1v) is 8.46. The van der Waals surface area contributed by atoms with Crippen LogP contribution in [0.4, 0.5) is 5.13 Å². The average Bonchev–Trinajstić information content (AvgIpc) is 3.06. The van der Waals surface area contributed by atoms with E-state index in [0.717, 1.165) is 26.9 Å². The summed E-state index contributed by atoms with van der Waals surface area (Å²) in [7, 11) is 0. The Morgan fingerprint density at radius 3 is 2.80 bits per heavy atom. The summed E-state index contributed by atoms with van der Waals surface area (Å²) in [6.07, 6.45) is 0. The van der Waals surface area contributed by atoms with Crippen LogP contribution in [-0.2, 0) is 5.41 Å². The molecule has 1 N–H and O–H groups in total. The number of nitrogens with one attached hydrogen (secondary N) is 1. The first kappa shape index (κ1) is 13.9. The maximum atomic E-state index is 6.19. The maximum absolute atomic E-state index is 6.19. The molecule has 0 aliphatic carbocycles. The molecule has 20 heavy (non-hydrogen) atoms. The third-order valence-corrected chi connectivity index (χ3v) is 5.96. The predicted octanol–water partition coefficient (Wildman–Crippen LogP) is 5.40. The third-order valence-electron chi connectivity index (χ3n) is 3.24. The molecule has 0 radical (unpaired) electrons. The van der Waals surface area contributed by atoms with Crippen LogP contribution >= 0.6 is 34.3 Å². The summed E-state index contributed by atoms with van der Waals surface area (Å²) in [5, 5.41) is 7.26. The number of halogens is 1. The Hall–Kier alpha value is -1.10. The van der Waals surface area contributed by atoms with Crippen molar-refractivity contribution >= 4 is 49.6 Å². The summed E-state index contributed by atoms with van der Waals surface area (Å²) in [4.78, 5) is 5.96. The number of fused-ring (bicyclic) bond motifs is 1. The molecule has 2 heterocycles. The molecule has 0 aliphatic rings. The highest BCUT2D eigenvalue weighted by Gasteiger charge is 2.22. The second kappa shape index (κ2) is 5.35. The van der Waals surface area contributed by atoms with Crippen LogP contribution in [-0.4, -0.2) is 11.5 Å². The zero-order chi connectivity index (χ0) is 14.2. The molecule has 3 aromatic rings. The van der Waals surface area contributed by atoms with Crippen molar-refractivity contribution in [3.05, 3.63) is 45.6 Å². The van der Waals surface area contributed by atoms with E-state index in [1.54, 1.807) is 22.7 Å². The highest BCUT2D eigenvalue weighted by atomic mass is 35.5. The quantitative estimate of drug-likeness (QED) is 0.695. The second-order valence-corrected chi connectivity index (χ2v) is 7.68. The molecule has 2 nitrogen and oxygen atoms in total. The summed E-state index contributed by atoms with van der Waals surface area (Å²) < 4.78 is 1.05. The van der Waals surface area contributed by atoms with Gasteiger partial charge in [0.1, 0.15) is 0 Å². The minimum absolute atomic E-state index is 0.0931. The van der Waals surface area contributed by atoms with Crippen LogP contribution in [0.2, 0.25) is 5.02 Å². The van der Waals surface area contributed by atoms with Gasteiger partial charge in [0, 0.05) is 16.8 Å². The van der Waals surface area contributed by atoms with E-state index in [9.17, 15) is 0 Å². The van der Waals surface area contributed by atoms with Crippen molar-refractivity contribution < 1.29 is 0 Å². The Kier molecular flexibility index (Phi) is 3.71. The van der Waals surface area contributed by atoms with Crippen molar-refractivity contribution in [1.82, 2.24) is 4.98 Å². The van der Waals surface area contributed by atoms with Gasteiger partial charge < -0.3 is 5.32 Å². The number of thiophene rings is 1. The summed E-state index contributed by atoms with van der Waals surface area (Å²) in [5.74, 6) is 0. The monoisotopic (exact) mass is 322 g/mol. The van der Waals surface area contributed by atoms with Crippen molar-refractivity contribution in [3.8, 4) is 0 Å². The Morgan fingerprint density at radius 2 is 2.10 bits per heavy atom. The van der Waals surface area contributed by atoms with Gasteiger partial charge in [-0.2, -0.15) is 0 Å². The number of nitrogens with zero attached hydrogens (tertiary/aromatic N) is 1. The number of anilines is 1. The fourth-order valence-corrected chi connectivity index (χ4v) is 4.04. The number of thiazole rings is 1. The van der Waals surface area contributed by atoms with Gasteiger partial charge in [-0.3, -0.25) is 0 Å². The van der Waals surface area contributed by atoms with Gasteiger partial charge in [-0.15, -0.1) is 11.3 Å². The third kappa shape index (κ3) is 2.68. The van der Waals surface area contributed by atoms with E-state index in [1.165, 1.54) is 4.88 Å². The van der Waals surface area contributed by atoms with E-state index in [0.29, 0.717) is 0 Å². The van der Waals surface area contributed by atoms with Crippen LogP contribution in [0, 0.1) is 0 Å². The lowest BCUT2D eigenvalue weighted by molar-refractivity contribution is 0.569. The Bertz CT molecular complexity index is 717. The smallest absolute Gasteiger partial charge is 0.183 e. The van der Waals surface area contributed by atoms with Gasteiger partial charge >= 0.3 is 0 Å². The van der Waals surface area contributed by atoms with Gasteiger partial charge in [-0.05, 0) is 23.6 Å². The minimum atomic E-state index is 0.0931. The van der Waals surface area contributed by atoms with Crippen LogP contribution in [0.5, 0.6) is 0 Å². The summed E-state index contributed by atoms with van der Waals surface area (Å²) in [6, 6.07) is 10.1. The Labute approximate surface area is 131 Å². The maximum Gasteiger partial charge on any atom is 0.183 e. The van der Waals surface area contributed by atoms with Crippen molar-refractivity contribution in [2.45, 2.75) is 19.3 Å². The number of hydrogen-bond donors (Lipinski definition) is 1. The highest BCUT2D eigenvalue weighted by molar-refractivity contribution is 7.22. The van der Waals surface area contributed by atoms with E-state index >= 15 is 0 Å². The standard InChI is InChI=1S/C15H15ClN2S2/c1-15(2,12-7-4-8-19-12)9-17-14-18-11-6-3-5-10(16)13(11)20-14/h3-8H,9H2,1-2H3,(H,17,18). The molecule has 0 bridgehead atoms. The molecule has 0 amide bonds. The van der Waals surface area contributed by atoms with Crippen LogP contribution in [0.25, 0.3) is 10.2 Å². The molecule has 2 aromatic heterocycles. The average molecular weight is 323 g/mol. The lowest BCUT2D eigenvalue weighted by Crippen LogP contribution is -2.26. The molecule has 0 aliphatic heterocycles. The van der Waals surface area contributed by atoms with Crippen LogP contribution in [0.3, 0.4) is 0 Å². The summed E-state index contributed by atoms with van der Waals surface area (Å²) in [6.45, 7) is 5.34. The molecule has 0 saturated heterocycles. The molecular formula is C15H15ClN2S2.